The summed E-state index contributed by atoms with van der Waals surface area (Å²) in [6, 6.07) is 0.826. The van der Waals surface area contributed by atoms with Gasteiger partial charge in [0.2, 0.25) is 0 Å². The SMILES string of the molecule is CC(C(=O)O)N(C)c1ncc(Cl)cc1Cl. The van der Waals surface area contributed by atoms with E-state index in [1.165, 1.54) is 17.2 Å². The molecule has 0 saturated carbocycles. The normalized spacial score (nSPS) is 12.3. The van der Waals surface area contributed by atoms with Crippen molar-refractivity contribution < 1.29 is 9.90 Å². The Balaban J connectivity index is 3.01. The van der Waals surface area contributed by atoms with Crippen molar-refractivity contribution in [3.05, 3.63) is 22.3 Å². The van der Waals surface area contributed by atoms with Gasteiger partial charge in [0, 0.05) is 13.2 Å². The van der Waals surface area contributed by atoms with Crippen LogP contribution in [0.15, 0.2) is 12.3 Å². The minimum Gasteiger partial charge on any atom is -0.480 e. The van der Waals surface area contributed by atoms with Gasteiger partial charge in [0.1, 0.15) is 11.9 Å². The number of hydrogen-bond acceptors (Lipinski definition) is 3. The second-order valence-electron chi connectivity index (χ2n) is 3.08. The standard InChI is InChI=1S/C9H10Cl2N2O2/c1-5(9(14)15)13(2)8-7(11)3-6(10)4-12-8/h3-5H,1-2H3,(H,14,15). The Morgan fingerprint density at radius 2 is 2.20 bits per heavy atom. The lowest BCUT2D eigenvalue weighted by Crippen LogP contribution is -2.36. The number of halogens is 2. The minimum absolute atomic E-state index is 0.332. The third-order valence-corrected chi connectivity index (χ3v) is 2.55. The van der Waals surface area contributed by atoms with Gasteiger partial charge >= 0.3 is 5.97 Å². The van der Waals surface area contributed by atoms with Crippen LogP contribution in [0, 0.1) is 0 Å². The molecule has 1 aromatic rings. The van der Waals surface area contributed by atoms with Gasteiger partial charge < -0.3 is 10.0 Å². The van der Waals surface area contributed by atoms with E-state index in [2.05, 4.69) is 4.98 Å². The van der Waals surface area contributed by atoms with E-state index in [0.29, 0.717) is 15.9 Å². The quantitative estimate of drug-likeness (QED) is 0.892. The van der Waals surface area contributed by atoms with Gasteiger partial charge in [-0.3, -0.25) is 0 Å². The fraction of sp³-hybridized carbons (Fsp3) is 0.333. The second-order valence-corrected chi connectivity index (χ2v) is 3.93. The van der Waals surface area contributed by atoms with Gasteiger partial charge in [0.15, 0.2) is 0 Å². The first-order chi connectivity index (χ1) is 6.93. The molecule has 6 heteroatoms. The van der Waals surface area contributed by atoms with E-state index in [-0.39, 0.29) is 0 Å². The lowest BCUT2D eigenvalue weighted by molar-refractivity contribution is -0.138. The minimum atomic E-state index is -0.940. The lowest BCUT2D eigenvalue weighted by Gasteiger charge is -2.23. The van der Waals surface area contributed by atoms with Crippen LogP contribution in [0.2, 0.25) is 10.0 Å². The molecule has 1 atom stereocenters. The molecule has 0 aliphatic heterocycles. The van der Waals surface area contributed by atoms with E-state index in [1.807, 2.05) is 0 Å². The fourth-order valence-electron chi connectivity index (χ4n) is 1.02. The van der Waals surface area contributed by atoms with Crippen LogP contribution in [-0.2, 0) is 4.79 Å². The zero-order chi connectivity index (χ0) is 11.6. The van der Waals surface area contributed by atoms with E-state index in [4.69, 9.17) is 28.3 Å². The summed E-state index contributed by atoms with van der Waals surface area (Å²) in [5.41, 5.74) is 0. The van der Waals surface area contributed by atoms with Crippen molar-refractivity contribution in [1.82, 2.24) is 4.98 Å². The Morgan fingerprint density at radius 1 is 1.60 bits per heavy atom. The Kier molecular flexibility index (Phi) is 3.77. The van der Waals surface area contributed by atoms with Crippen LogP contribution < -0.4 is 4.90 Å². The highest BCUT2D eigenvalue weighted by Crippen LogP contribution is 2.26. The molecule has 1 unspecified atom stereocenters. The fourth-order valence-corrected chi connectivity index (χ4v) is 1.53. The molecular weight excluding hydrogens is 239 g/mol. The van der Waals surface area contributed by atoms with Crippen LogP contribution in [0.3, 0.4) is 0 Å². The number of carboxylic acid groups (broad SMARTS) is 1. The summed E-state index contributed by atoms with van der Waals surface area (Å²) >= 11 is 11.6. The zero-order valence-electron chi connectivity index (χ0n) is 8.24. The largest absolute Gasteiger partial charge is 0.480 e. The summed E-state index contributed by atoms with van der Waals surface area (Å²) in [5.74, 6) is -0.540. The van der Waals surface area contributed by atoms with Crippen molar-refractivity contribution >= 4 is 35.0 Å². The molecule has 0 aliphatic rings. The first kappa shape index (κ1) is 12.1. The van der Waals surface area contributed by atoms with Gasteiger partial charge in [0.25, 0.3) is 0 Å². The molecule has 0 aromatic carbocycles. The van der Waals surface area contributed by atoms with Crippen LogP contribution in [0.1, 0.15) is 6.92 Å². The predicted octanol–water partition coefficient (Wildman–Crippen LogP) is 2.30. The highest BCUT2D eigenvalue weighted by atomic mass is 35.5. The maximum absolute atomic E-state index is 10.8. The Morgan fingerprint density at radius 3 is 2.67 bits per heavy atom. The third-order valence-electron chi connectivity index (χ3n) is 2.06. The molecule has 0 radical (unpaired) electrons. The Labute approximate surface area is 97.4 Å². The summed E-state index contributed by atoms with van der Waals surface area (Å²) in [4.78, 5) is 16.2. The molecule has 0 amide bonds. The number of anilines is 1. The Hall–Kier alpha value is -1.000. The smallest absolute Gasteiger partial charge is 0.326 e. The summed E-state index contributed by atoms with van der Waals surface area (Å²) in [6.45, 7) is 1.55. The van der Waals surface area contributed by atoms with E-state index < -0.39 is 12.0 Å². The average Bonchev–Trinajstić information content (AvgIpc) is 2.15. The lowest BCUT2D eigenvalue weighted by atomic mass is 10.3. The van der Waals surface area contributed by atoms with Crippen LogP contribution in [-0.4, -0.2) is 29.1 Å². The summed E-state index contributed by atoms with van der Waals surface area (Å²) in [5, 5.41) is 9.57. The summed E-state index contributed by atoms with van der Waals surface area (Å²) in [7, 11) is 1.61. The molecule has 0 aliphatic carbocycles. The topological polar surface area (TPSA) is 53.4 Å². The molecule has 1 N–H and O–H groups in total. The maximum atomic E-state index is 10.8. The van der Waals surface area contributed by atoms with E-state index >= 15 is 0 Å². The number of carboxylic acids is 1. The molecule has 1 aromatic heterocycles. The highest BCUT2D eigenvalue weighted by molar-refractivity contribution is 6.36. The second kappa shape index (κ2) is 4.68. The third kappa shape index (κ3) is 2.73. The molecule has 0 bridgehead atoms. The van der Waals surface area contributed by atoms with E-state index in [9.17, 15) is 4.79 Å². The summed E-state index contributed by atoms with van der Waals surface area (Å²) in [6.07, 6.45) is 1.42. The molecule has 0 spiro atoms. The first-order valence-corrected chi connectivity index (χ1v) is 4.95. The van der Waals surface area contributed by atoms with Crippen molar-refractivity contribution in [1.29, 1.82) is 0 Å². The number of aliphatic carboxylic acids is 1. The molecule has 1 heterocycles. The van der Waals surface area contributed by atoms with Crippen molar-refractivity contribution in [2.24, 2.45) is 0 Å². The molecule has 15 heavy (non-hydrogen) atoms. The number of pyridine rings is 1. The molecular formula is C9H10Cl2N2O2. The molecule has 1 rings (SSSR count). The van der Waals surface area contributed by atoms with Crippen LogP contribution >= 0.6 is 23.2 Å². The monoisotopic (exact) mass is 248 g/mol. The van der Waals surface area contributed by atoms with Crippen molar-refractivity contribution in [2.45, 2.75) is 13.0 Å². The van der Waals surface area contributed by atoms with Crippen LogP contribution in [0.4, 0.5) is 5.82 Å². The number of nitrogens with zero attached hydrogens (tertiary/aromatic N) is 2. The number of hydrogen-bond donors (Lipinski definition) is 1. The number of rotatable bonds is 3. The van der Waals surface area contributed by atoms with Crippen LogP contribution in [0.5, 0.6) is 0 Å². The van der Waals surface area contributed by atoms with Gasteiger partial charge in [-0.05, 0) is 13.0 Å². The maximum Gasteiger partial charge on any atom is 0.326 e. The van der Waals surface area contributed by atoms with Crippen molar-refractivity contribution in [3.8, 4) is 0 Å². The van der Waals surface area contributed by atoms with Gasteiger partial charge in [-0.1, -0.05) is 23.2 Å². The van der Waals surface area contributed by atoms with Crippen molar-refractivity contribution in [2.75, 3.05) is 11.9 Å². The van der Waals surface area contributed by atoms with Gasteiger partial charge in [-0.15, -0.1) is 0 Å². The summed E-state index contributed by atoms with van der Waals surface area (Å²) < 4.78 is 0. The molecule has 0 saturated heterocycles. The van der Waals surface area contributed by atoms with Gasteiger partial charge in [-0.25, -0.2) is 9.78 Å². The highest BCUT2D eigenvalue weighted by Gasteiger charge is 2.20. The first-order valence-electron chi connectivity index (χ1n) is 4.20. The molecule has 82 valence electrons. The number of likely N-dealkylation sites (N-methyl/N-ethyl adjacent to an activating group) is 1. The predicted molar refractivity (Wildman–Crippen MR) is 59.8 cm³/mol. The Bertz CT molecular complexity index is 384. The van der Waals surface area contributed by atoms with Crippen LogP contribution in [0.25, 0.3) is 0 Å². The average molecular weight is 249 g/mol. The molecule has 0 fully saturated rings. The van der Waals surface area contributed by atoms with E-state index in [1.54, 1.807) is 14.0 Å². The van der Waals surface area contributed by atoms with Gasteiger partial charge in [-0.2, -0.15) is 0 Å². The zero-order valence-corrected chi connectivity index (χ0v) is 9.75. The molecule has 4 nitrogen and oxygen atoms in total. The van der Waals surface area contributed by atoms with Crippen molar-refractivity contribution in [3.63, 3.8) is 0 Å². The number of aromatic nitrogens is 1. The van der Waals surface area contributed by atoms with E-state index in [0.717, 1.165) is 0 Å². The van der Waals surface area contributed by atoms with Gasteiger partial charge in [0.05, 0.1) is 10.0 Å². The number of carbonyl (C=O) groups is 1.